The van der Waals surface area contributed by atoms with Crippen LogP contribution in [0.25, 0.3) is 0 Å². The van der Waals surface area contributed by atoms with Crippen LogP contribution in [-0.2, 0) is 16.6 Å². The third-order valence-corrected chi connectivity index (χ3v) is 6.52. The number of rotatable bonds is 6. The molecular formula is C20H26N4O3S. The van der Waals surface area contributed by atoms with Gasteiger partial charge in [-0.3, -0.25) is 0 Å². The second-order valence-electron chi connectivity index (χ2n) is 6.67. The molecule has 2 aromatic rings. The Hall–Kier alpha value is -2.58. The van der Waals surface area contributed by atoms with Gasteiger partial charge in [-0.05, 0) is 42.7 Å². The van der Waals surface area contributed by atoms with Gasteiger partial charge in [0.2, 0.25) is 10.0 Å². The van der Waals surface area contributed by atoms with Crippen molar-refractivity contribution in [2.75, 3.05) is 25.5 Å². The van der Waals surface area contributed by atoms with Crippen molar-refractivity contribution in [2.24, 2.45) is 10.7 Å². The fourth-order valence-corrected chi connectivity index (χ4v) is 4.71. The van der Waals surface area contributed by atoms with Crippen molar-refractivity contribution in [2.45, 2.75) is 30.7 Å². The summed E-state index contributed by atoms with van der Waals surface area (Å²) in [5.41, 5.74) is 7.51. The lowest BCUT2D eigenvalue weighted by Crippen LogP contribution is -2.35. The topological polar surface area (TPSA) is 97.0 Å². The van der Waals surface area contributed by atoms with Gasteiger partial charge in [0.1, 0.15) is 5.75 Å². The van der Waals surface area contributed by atoms with Crippen molar-refractivity contribution >= 4 is 21.7 Å². The van der Waals surface area contributed by atoms with Crippen LogP contribution in [0.15, 0.2) is 58.4 Å². The molecule has 0 radical (unpaired) electrons. The van der Waals surface area contributed by atoms with Crippen LogP contribution in [0.1, 0.15) is 24.8 Å². The molecular weight excluding hydrogens is 376 g/mol. The van der Waals surface area contributed by atoms with E-state index in [0.29, 0.717) is 23.7 Å². The molecule has 8 heteroatoms. The van der Waals surface area contributed by atoms with E-state index in [9.17, 15) is 8.42 Å². The van der Waals surface area contributed by atoms with Crippen molar-refractivity contribution in [1.29, 1.82) is 0 Å². The van der Waals surface area contributed by atoms with Gasteiger partial charge in [0, 0.05) is 24.8 Å². The van der Waals surface area contributed by atoms with Crippen LogP contribution in [0.3, 0.4) is 0 Å². The molecule has 1 fully saturated rings. The van der Waals surface area contributed by atoms with E-state index in [1.807, 2.05) is 30.3 Å². The van der Waals surface area contributed by atoms with E-state index in [2.05, 4.69) is 10.3 Å². The zero-order valence-electron chi connectivity index (χ0n) is 16.0. The number of benzene rings is 2. The van der Waals surface area contributed by atoms with Gasteiger partial charge in [0.25, 0.3) is 0 Å². The number of guanidine groups is 1. The first kappa shape index (κ1) is 20.2. The van der Waals surface area contributed by atoms with Crippen LogP contribution in [0.5, 0.6) is 5.75 Å². The number of nitrogens with two attached hydrogens (primary N) is 1. The minimum Gasteiger partial charge on any atom is -0.497 e. The van der Waals surface area contributed by atoms with Crippen molar-refractivity contribution in [3.63, 3.8) is 0 Å². The van der Waals surface area contributed by atoms with Crippen LogP contribution in [-0.4, -0.2) is 38.9 Å². The number of hydrogen-bond donors (Lipinski definition) is 2. The summed E-state index contributed by atoms with van der Waals surface area (Å²) in [4.78, 5) is 4.62. The number of hydrogen-bond acceptors (Lipinski definition) is 4. The highest BCUT2D eigenvalue weighted by atomic mass is 32.2. The first-order chi connectivity index (χ1) is 13.5. The molecule has 1 aliphatic heterocycles. The Balaban J connectivity index is 1.69. The summed E-state index contributed by atoms with van der Waals surface area (Å²) in [6, 6.07) is 14.3. The first-order valence-electron chi connectivity index (χ1n) is 9.29. The van der Waals surface area contributed by atoms with E-state index < -0.39 is 10.0 Å². The third kappa shape index (κ3) is 5.02. The summed E-state index contributed by atoms with van der Waals surface area (Å²) in [7, 11) is -1.86. The molecule has 1 heterocycles. The molecule has 0 bridgehead atoms. The second kappa shape index (κ2) is 9.07. The highest BCUT2D eigenvalue weighted by Gasteiger charge is 2.25. The van der Waals surface area contributed by atoms with Gasteiger partial charge >= 0.3 is 0 Å². The molecule has 0 unspecified atom stereocenters. The van der Waals surface area contributed by atoms with E-state index >= 15 is 0 Å². The molecule has 0 spiro atoms. The molecule has 3 rings (SSSR count). The maximum Gasteiger partial charge on any atom is 0.243 e. The van der Waals surface area contributed by atoms with Crippen molar-refractivity contribution < 1.29 is 13.2 Å². The predicted molar refractivity (Wildman–Crippen MR) is 111 cm³/mol. The monoisotopic (exact) mass is 402 g/mol. The summed E-state index contributed by atoms with van der Waals surface area (Å²) in [6.07, 6.45) is 2.91. The first-order valence-corrected chi connectivity index (χ1v) is 10.7. The highest BCUT2D eigenvalue weighted by molar-refractivity contribution is 7.89. The van der Waals surface area contributed by atoms with Crippen LogP contribution >= 0.6 is 0 Å². The Morgan fingerprint density at radius 3 is 2.64 bits per heavy atom. The Kier molecular flexibility index (Phi) is 6.53. The van der Waals surface area contributed by atoms with Crippen LogP contribution in [0.2, 0.25) is 0 Å². The molecule has 0 aromatic heterocycles. The third-order valence-electron chi connectivity index (χ3n) is 4.63. The quantitative estimate of drug-likeness (QED) is 0.572. The van der Waals surface area contributed by atoms with Gasteiger partial charge < -0.3 is 15.8 Å². The maximum atomic E-state index is 12.8. The molecule has 0 aliphatic carbocycles. The number of nitrogens with zero attached hydrogens (tertiary/aromatic N) is 2. The van der Waals surface area contributed by atoms with E-state index in [1.54, 1.807) is 29.6 Å². The molecule has 1 saturated heterocycles. The fraction of sp³-hybridized carbons (Fsp3) is 0.350. The summed E-state index contributed by atoms with van der Waals surface area (Å²) < 4.78 is 32.4. The van der Waals surface area contributed by atoms with Gasteiger partial charge in [0.05, 0.1) is 18.6 Å². The lowest BCUT2D eigenvalue weighted by atomic mass is 10.2. The second-order valence-corrected chi connectivity index (χ2v) is 8.61. The fourth-order valence-electron chi connectivity index (χ4n) is 3.12. The molecule has 2 aromatic carbocycles. The summed E-state index contributed by atoms with van der Waals surface area (Å²) in [6.45, 7) is 1.45. The standard InChI is InChI=1S/C20H26N4O3S/c1-27-18-9-6-8-17(14-18)23-20(21)22-15-16-7-5-10-19(13-16)28(25,26)24-11-3-2-4-12-24/h5-10,13-14H,2-4,11-12,15H2,1H3,(H3,21,22,23). The summed E-state index contributed by atoms with van der Waals surface area (Å²) >= 11 is 0. The predicted octanol–water partition coefficient (Wildman–Crippen LogP) is 2.80. The number of ether oxygens (including phenoxy) is 1. The highest BCUT2D eigenvalue weighted by Crippen LogP contribution is 2.21. The van der Waals surface area contributed by atoms with E-state index in [1.165, 1.54) is 0 Å². The summed E-state index contributed by atoms with van der Waals surface area (Å²) in [5.74, 6) is 0.964. The molecule has 7 nitrogen and oxygen atoms in total. The minimum atomic E-state index is -3.46. The Morgan fingerprint density at radius 1 is 1.14 bits per heavy atom. The van der Waals surface area contributed by atoms with Crippen molar-refractivity contribution in [3.05, 3.63) is 54.1 Å². The minimum absolute atomic E-state index is 0.248. The van der Waals surface area contributed by atoms with Crippen LogP contribution in [0.4, 0.5) is 5.69 Å². The maximum absolute atomic E-state index is 12.8. The molecule has 3 N–H and O–H groups in total. The Labute approximate surface area is 166 Å². The van der Waals surface area contributed by atoms with E-state index in [4.69, 9.17) is 10.5 Å². The lowest BCUT2D eigenvalue weighted by Gasteiger charge is -2.26. The van der Waals surface area contributed by atoms with Crippen LogP contribution < -0.4 is 15.8 Å². The van der Waals surface area contributed by atoms with Crippen molar-refractivity contribution in [1.82, 2.24) is 4.31 Å². The number of methoxy groups -OCH3 is 1. The van der Waals surface area contributed by atoms with Gasteiger partial charge in [-0.1, -0.05) is 24.6 Å². The normalized spacial score (nSPS) is 16.0. The number of aliphatic imine (C=N–C) groups is 1. The van der Waals surface area contributed by atoms with E-state index in [0.717, 1.165) is 30.5 Å². The number of piperidine rings is 1. The smallest absolute Gasteiger partial charge is 0.243 e. The number of nitrogens with one attached hydrogen (secondary N) is 1. The Bertz CT molecular complexity index is 938. The van der Waals surface area contributed by atoms with Gasteiger partial charge in [-0.2, -0.15) is 4.31 Å². The Morgan fingerprint density at radius 2 is 1.89 bits per heavy atom. The molecule has 150 valence electrons. The average Bonchev–Trinajstić information content (AvgIpc) is 2.73. The SMILES string of the molecule is COc1cccc(NC(N)=NCc2cccc(S(=O)(=O)N3CCCCC3)c2)c1. The molecule has 0 atom stereocenters. The van der Waals surface area contributed by atoms with Gasteiger partial charge in [-0.15, -0.1) is 0 Å². The van der Waals surface area contributed by atoms with Gasteiger partial charge in [0.15, 0.2) is 5.96 Å². The van der Waals surface area contributed by atoms with E-state index in [-0.39, 0.29) is 12.5 Å². The largest absolute Gasteiger partial charge is 0.497 e. The molecule has 0 amide bonds. The lowest BCUT2D eigenvalue weighted by molar-refractivity contribution is 0.346. The zero-order valence-corrected chi connectivity index (χ0v) is 16.8. The van der Waals surface area contributed by atoms with Crippen molar-refractivity contribution in [3.8, 4) is 5.75 Å². The summed E-state index contributed by atoms with van der Waals surface area (Å²) in [5, 5.41) is 3.00. The number of anilines is 1. The molecule has 28 heavy (non-hydrogen) atoms. The van der Waals surface area contributed by atoms with Crippen LogP contribution in [0, 0.1) is 0 Å². The number of sulfonamides is 1. The average molecular weight is 403 g/mol. The zero-order chi connectivity index (χ0) is 20.0. The van der Waals surface area contributed by atoms with Gasteiger partial charge in [-0.25, -0.2) is 13.4 Å². The molecule has 1 aliphatic rings. The molecule has 0 saturated carbocycles.